The summed E-state index contributed by atoms with van der Waals surface area (Å²) in [7, 11) is 0. The van der Waals surface area contributed by atoms with Gasteiger partial charge in [0.25, 0.3) is 0 Å². The second kappa shape index (κ2) is 6.72. The van der Waals surface area contributed by atoms with Crippen LogP contribution in [-0.4, -0.2) is 23.8 Å². The van der Waals surface area contributed by atoms with E-state index in [-0.39, 0.29) is 5.82 Å². The molecule has 0 spiro atoms. The molecule has 0 amide bonds. The molecule has 96 valence electrons. The van der Waals surface area contributed by atoms with Crippen LogP contribution in [0.15, 0.2) is 24.3 Å². The average Bonchev–Trinajstić information content (AvgIpc) is 2.36. The Kier molecular flexibility index (Phi) is 5.59. The van der Waals surface area contributed by atoms with E-state index < -0.39 is 5.60 Å². The van der Waals surface area contributed by atoms with Gasteiger partial charge in [-0.1, -0.05) is 32.0 Å². The van der Waals surface area contributed by atoms with Crippen molar-refractivity contribution in [1.29, 1.82) is 0 Å². The van der Waals surface area contributed by atoms with Crippen LogP contribution >= 0.6 is 0 Å². The molecule has 0 heterocycles. The molecule has 0 unspecified atom stereocenters. The maximum atomic E-state index is 13.3. The third-order valence-electron chi connectivity index (χ3n) is 3.30. The molecule has 0 aliphatic rings. The molecule has 0 fully saturated rings. The highest BCUT2D eigenvalue weighted by molar-refractivity contribution is 5.17. The number of hydrogen-bond acceptors (Lipinski definition) is 2. The van der Waals surface area contributed by atoms with Gasteiger partial charge < -0.3 is 10.4 Å². The maximum Gasteiger partial charge on any atom is 0.126 e. The normalized spacial score (nSPS) is 11.8. The fraction of sp³-hybridized carbons (Fsp3) is 0.571. The van der Waals surface area contributed by atoms with E-state index in [0.29, 0.717) is 19.5 Å². The van der Waals surface area contributed by atoms with E-state index in [4.69, 9.17) is 0 Å². The summed E-state index contributed by atoms with van der Waals surface area (Å²) in [6.45, 7) is 5.20. The second-order valence-corrected chi connectivity index (χ2v) is 4.45. The standard InChI is InChI=1S/C14H22FNO/c1-3-14(17,4-2)11-16-10-9-12-7-5-6-8-13(12)15/h5-8,16-17H,3-4,9-11H2,1-2H3. The molecule has 0 bridgehead atoms. The van der Waals surface area contributed by atoms with Gasteiger partial charge in [0.2, 0.25) is 0 Å². The SMILES string of the molecule is CCC(O)(CC)CNCCc1ccccc1F. The monoisotopic (exact) mass is 239 g/mol. The number of nitrogens with one attached hydrogen (secondary N) is 1. The van der Waals surface area contributed by atoms with Crippen LogP contribution in [0.1, 0.15) is 32.3 Å². The summed E-state index contributed by atoms with van der Waals surface area (Å²) in [5, 5.41) is 13.2. The summed E-state index contributed by atoms with van der Waals surface area (Å²) >= 11 is 0. The fourth-order valence-electron chi connectivity index (χ4n) is 1.75. The lowest BCUT2D eigenvalue weighted by atomic mass is 9.97. The predicted molar refractivity (Wildman–Crippen MR) is 68.5 cm³/mol. The highest BCUT2D eigenvalue weighted by Crippen LogP contribution is 2.13. The lowest BCUT2D eigenvalue weighted by Gasteiger charge is -2.25. The van der Waals surface area contributed by atoms with Gasteiger partial charge in [-0.2, -0.15) is 0 Å². The minimum atomic E-state index is -0.630. The van der Waals surface area contributed by atoms with Crippen LogP contribution in [0.5, 0.6) is 0 Å². The zero-order valence-corrected chi connectivity index (χ0v) is 10.7. The van der Waals surface area contributed by atoms with Crippen LogP contribution in [0.4, 0.5) is 4.39 Å². The molecule has 2 nitrogen and oxygen atoms in total. The molecule has 2 N–H and O–H groups in total. The summed E-state index contributed by atoms with van der Waals surface area (Å²) < 4.78 is 13.3. The van der Waals surface area contributed by atoms with Gasteiger partial charge in [0.05, 0.1) is 5.60 Å². The van der Waals surface area contributed by atoms with Crippen molar-refractivity contribution in [1.82, 2.24) is 5.32 Å². The molecule has 1 aromatic rings. The zero-order chi connectivity index (χ0) is 12.7. The van der Waals surface area contributed by atoms with Gasteiger partial charge in [-0.15, -0.1) is 0 Å². The smallest absolute Gasteiger partial charge is 0.126 e. The van der Waals surface area contributed by atoms with E-state index >= 15 is 0 Å². The Morgan fingerprint density at radius 2 is 1.88 bits per heavy atom. The topological polar surface area (TPSA) is 32.3 Å². The van der Waals surface area contributed by atoms with Crippen LogP contribution in [0, 0.1) is 5.82 Å². The first kappa shape index (κ1) is 14.1. The molecule has 1 rings (SSSR count). The Bertz CT molecular complexity index is 337. The number of rotatable bonds is 7. The van der Waals surface area contributed by atoms with E-state index in [2.05, 4.69) is 5.32 Å². The second-order valence-electron chi connectivity index (χ2n) is 4.45. The predicted octanol–water partition coefficient (Wildman–Crippen LogP) is 2.51. The van der Waals surface area contributed by atoms with E-state index in [9.17, 15) is 9.50 Å². The van der Waals surface area contributed by atoms with Crippen LogP contribution < -0.4 is 5.32 Å². The minimum absolute atomic E-state index is 0.157. The summed E-state index contributed by atoms with van der Waals surface area (Å²) in [4.78, 5) is 0. The maximum absolute atomic E-state index is 13.3. The first-order chi connectivity index (χ1) is 8.11. The van der Waals surface area contributed by atoms with Crippen LogP contribution in [0.3, 0.4) is 0 Å². The largest absolute Gasteiger partial charge is 0.389 e. The van der Waals surface area contributed by atoms with E-state index in [1.165, 1.54) is 6.07 Å². The lowest BCUT2D eigenvalue weighted by molar-refractivity contribution is 0.0328. The molecule has 0 aliphatic carbocycles. The molecule has 0 radical (unpaired) electrons. The third kappa shape index (κ3) is 4.44. The fourth-order valence-corrected chi connectivity index (χ4v) is 1.75. The van der Waals surface area contributed by atoms with E-state index in [1.807, 2.05) is 19.9 Å². The minimum Gasteiger partial charge on any atom is -0.389 e. The number of aliphatic hydroxyl groups is 1. The number of hydrogen-bond donors (Lipinski definition) is 2. The Hall–Kier alpha value is -0.930. The Morgan fingerprint density at radius 3 is 2.47 bits per heavy atom. The highest BCUT2D eigenvalue weighted by atomic mass is 19.1. The molecule has 17 heavy (non-hydrogen) atoms. The van der Waals surface area contributed by atoms with Crippen LogP contribution in [-0.2, 0) is 6.42 Å². The third-order valence-corrected chi connectivity index (χ3v) is 3.30. The first-order valence-electron chi connectivity index (χ1n) is 6.28. The lowest BCUT2D eigenvalue weighted by Crippen LogP contribution is -2.40. The zero-order valence-electron chi connectivity index (χ0n) is 10.7. The molecule has 3 heteroatoms. The van der Waals surface area contributed by atoms with Crippen molar-refractivity contribution in [3.63, 3.8) is 0 Å². The Morgan fingerprint density at radius 1 is 1.24 bits per heavy atom. The van der Waals surface area contributed by atoms with Gasteiger partial charge in [-0.25, -0.2) is 4.39 Å². The number of halogens is 1. The number of benzene rings is 1. The van der Waals surface area contributed by atoms with Crippen molar-refractivity contribution in [3.8, 4) is 0 Å². The highest BCUT2D eigenvalue weighted by Gasteiger charge is 2.20. The van der Waals surface area contributed by atoms with E-state index in [0.717, 1.165) is 18.4 Å². The quantitative estimate of drug-likeness (QED) is 0.717. The summed E-state index contributed by atoms with van der Waals surface area (Å²) in [6.07, 6.45) is 2.11. The average molecular weight is 239 g/mol. The van der Waals surface area contributed by atoms with Gasteiger partial charge in [-0.3, -0.25) is 0 Å². The van der Waals surface area contributed by atoms with Gasteiger partial charge in [0.1, 0.15) is 5.82 Å². The van der Waals surface area contributed by atoms with Crippen molar-refractivity contribution in [2.75, 3.05) is 13.1 Å². The van der Waals surface area contributed by atoms with Gasteiger partial charge in [0.15, 0.2) is 0 Å². The van der Waals surface area contributed by atoms with Crippen molar-refractivity contribution in [2.24, 2.45) is 0 Å². The molecular weight excluding hydrogens is 217 g/mol. The van der Waals surface area contributed by atoms with Crippen molar-refractivity contribution < 1.29 is 9.50 Å². The van der Waals surface area contributed by atoms with Crippen LogP contribution in [0.25, 0.3) is 0 Å². The van der Waals surface area contributed by atoms with Gasteiger partial charge in [-0.05, 0) is 37.4 Å². The molecule has 1 aromatic carbocycles. The van der Waals surface area contributed by atoms with Gasteiger partial charge >= 0.3 is 0 Å². The molecule has 0 atom stereocenters. The summed E-state index contributed by atoms with van der Waals surface area (Å²) in [5.41, 5.74) is 0.0893. The first-order valence-corrected chi connectivity index (χ1v) is 6.28. The summed E-state index contributed by atoms with van der Waals surface area (Å²) in [5.74, 6) is -0.157. The van der Waals surface area contributed by atoms with Gasteiger partial charge in [0, 0.05) is 6.54 Å². The molecule has 0 aliphatic heterocycles. The van der Waals surface area contributed by atoms with Crippen molar-refractivity contribution >= 4 is 0 Å². The van der Waals surface area contributed by atoms with E-state index in [1.54, 1.807) is 12.1 Å². The Balaban J connectivity index is 2.32. The van der Waals surface area contributed by atoms with Crippen molar-refractivity contribution in [3.05, 3.63) is 35.6 Å². The Labute approximate surface area is 103 Å². The molecule has 0 saturated heterocycles. The molecular formula is C14H22FNO. The van der Waals surface area contributed by atoms with Crippen LogP contribution in [0.2, 0.25) is 0 Å². The molecule has 0 aromatic heterocycles. The van der Waals surface area contributed by atoms with Crippen molar-refractivity contribution in [2.45, 2.75) is 38.7 Å². The molecule has 0 saturated carbocycles. The summed E-state index contributed by atoms with van der Waals surface area (Å²) in [6, 6.07) is 6.80.